The summed E-state index contributed by atoms with van der Waals surface area (Å²) in [5.74, 6) is 0.590. The van der Waals surface area contributed by atoms with Crippen molar-refractivity contribution in [2.24, 2.45) is 0 Å². The highest BCUT2D eigenvalue weighted by Gasteiger charge is 2.07. The number of rotatable bonds is 5. The lowest BCUT2D eigenvalue weighted by atomic mass is 10.1. The Hall–Kier alpha value is -2.78. The fourth-order valence-electron chi connectivity index (χ4n) is 2.18. The molecule has 0 bridgehead atoms. The van der Waals surface area contributed by atoms with Crippen LogP contribution in [0.4, 0.5) is 0 Å². The van der Waals surface area contributed by atoms with Crippen LogP contribution in [0, 0.1) is 0 Å². The molecule has 0 aliphatic rings. The molecule has 120 valence electrons. The lowest BCUT2D eigenvalue weighted by molar-refractivity contribution is -0.136. The van der Waals surface area contributed by atoms with E-state index in [1.54, 1.807) is 36.4 Å². The fourth-order valence-corrected chi connectivity index (χ4v) is 2.31. The number of esters is 1. The normalized spacial score (nSPS) is 10.2. The Morgan fingerprint density at radius 3 is 2.00 bits per heavy atom. The van der Waals surface area contributed by atoms with E-state index >= 15 is 0 Å². The molecule has 0 unspecified atom stereocenters. The molecule has 3 rings (SSSR count). The molecule has 0 amide bonds. The molecule has 0 N–H and O–H groups in total. The van der Waals surface area contributed by atoms with Crippen molar-refractivity contribution in [1.29, 1.82) is 0 Å². The van der Waals surface area contributed by atoms with E-state index in [0.717, 1.165) is 11.1 Å². The SMILES string of the molecule is O=C(COc1ccc(Cl)cc1)Oc1ccc(-c2ccccc2)cc1. The third kappa shape index (κ3) is 4.37. The molecule has 0 aliphatic heterocycles. The number of carbonyl (C=O) groups excluding carboxylic acids is 1. The van der Waals surface area contributed by atoms with Gasteiger partial charge in [0.1, 0.15) is 11.5 Å². The van der Waals surface area contributed by atoms with Crippen LogP contribution in [0.3, 0.4) is 0 Å². The summed E-state index contributed by atoms with van der Waals surface area (Å²) in [5.41, 5.74) is 2.18. The molecule has 0 fully saturated rings. The number of carbonyl (C=O) groups is 1. The second-order valence-electron chi connectivity index (χ2n) is 5.11. The number of hydrogen-bond acceptors (Lipinski definition) is 3. The van der Waals surface area contributed by atoms with Gasteiger partial charge in [-0.3, -0.25) is 0 Å². The number of halogens is 1. The largest absolute Gasteiger partial charge is 0.482 e. The third-order valence-corrected chi connectivity index (χ3v) is 3.62. The Bertz CT molecular complexity index is 797. The summed E-state index contributed by atoms with van der Waals surface area (Å²) in [6.07, 6.45) is 0. The van der Waals surface area contributed by atoms with Gasteiger partial charge in [0.2, 0.25) is 0 Å². The molecular formula is C20H15ClO3. The minimum absolute atomic E-state index is 0.165. The lowest BCUT2D eigenvalue weighted by Crippen LogP contribution is -2.17. The van der Waals surface area contributed by atoms with Crippen LogP contribution >= 0.6 is 11.6 Å². The van der Waals surface area contributed by atoms with Crippen molar-refractivity contribution in [3.05, 3.63) is 83.9 Å². The first kappa shape index (κ1) is 16.1. The van der Waals surface area contributed by atoms with Crippen LogP contribution in [-0.4, -0.2) is 12.6 Å². The van der Waals surface area contributed by atoms with Crippen molar-refractivity contribution in [2.75, 3.05) is 6.61 Å². The van der Waals surface area contributed by atoms with Gasteiger partial charge >= 0.3 is 5.97 Å². The molecule has 0 saturated heterocycles. The first-order chi connectivity index (χ1) is 11.7. The zero-order valence-corrected chi connectivity index (χ0v) is 13.6. The van der Waals surface area contributed by atoms with Crippen molar-refractivity contribution in [3.63, 3.8) is 0 Å². The first-order valence-electron chi connectivity index (χ1n) is 7.45. The van der Waals surface area contributed by atoms with Crippen LogP contribution in [0.15, 0.2) is 78.9 Å². The molecule has 0 spiro atoms. The zero-order chi connectivity index (χ0) is 16.8. The number of hydrogen-bond donors (Lipinski definition) is 0. The van der Waals surface area contributed by atoms with Gasteiger partial charge in [-0.05, 0) is 47.5 Å². The summed E-state index contributed by atoms with van der Waals surface area (Å²) in [6, 6.07) is 24.2. The summed E-state index contributed by atoms with van der Waals surface area (Å²) in [7, 11) is 0. The van der Waals surface area contributed by atoms with Gasteiger partial charge in [0.25, 0.3) is 0 Å². The standard InChI is InChI=1S/C20H15ClO3/c21-17-8-12-18(13-9-17)23-14-20(22)24-19-10-6-16(7-11-19)15-4-2-1-3-5-15/h1-13H,14H2. The van der Waals surface area contributed by atoms with Crippen LogP contribution in [0.5, 0.6) is 11.5 Å². The number of ether oxygens (including phenoxy) is 2. The summed E-state index contributed by atoms with van der Waals surface area (Å²) in [4.78, 5) is 11.8. The monoisotopic (exact) mass is 338 g/mol. The molecule has 0 heterocycles. The van der Waals surface area contributed by atoms with E-state index in [9.17, 15) is 4.79 Å². The quantitative estimate of drug-likeness (QED) is 0.485. The molecule has 4 heteroatoms. The van der Waals surface area contributed by atoms with Gasteiger partial charge in [0, 0.05) is 5.02 Å². The highest BCUT2D eigenvalue weighted by Crippen LogP contribution is 2.22. The van der Waals surface area contributed by atoms with Gasteiger partial charge < -0.3 is 9.47 Å². The molecule has 0 aliphatic carbocycles. The predicted molar refractivity (Wildman–Crippen MR) is 94.5 cm³/mol. The van der Waals surface area contributed by atoms with Gasteiger partial charge in [0.15, 0.2) is 6.61 Å². The van der Waals surface area contributed by atoms with Crippen molar-refractivity contribution < 1.29 is 14.3 Å². The Morgan fingerprint density at radius 2 is 1.33 bits per heavy atom. The minimum atomic E-state index is -0.461. The molecule has 3 aromatic rings. The summed E-state index contributed by atoms with van der Waals surface area (Å²) in [6.45, 7) is -0.165. The molecule has 3 aromatic carbocycles. The third-order valence-electron chi connectivity index (χ3n) is 3.36. The second-order valence-corrected chi connectivity index (χ2v) is 5.54. The van der Waals surface area contributed by atoms with Crippen LogP contribution in [0.1, 0.15) is 0 Å². The molecule has 0 atom stereocenters. The maximum Gasteiger partial charge on any atom is 0.349 e. The topological polar surface area (TPSA) is 35.5 Å². The van der Waals surface area contributed by atoms with E-state index in [0.29, 0.717) is 16.5 Å². The Labute approximate surface area is 145 Å². The summed E-state index contributed by atoms with van der Waals surface area (Å²) >= 11 is 5.79. The van der Waals surface area contributed by atoms with Gasteiger partial charge in [-0.25, -0.2) is 4.79 Å². The zero-order valence-electron chi connectivity index (χ0n) is 12.8. The van der Waals surface area contributed by atoms with E-state index in [-0.39, 0.29) is 6.61 Å². The predicted octanol–water partition coefficient (Wildman–Crippen LogP) is 4.99. The van der Waals surface area contributed by atoms with Crippen LogP contribution < -0.4 is 9.47 Å². The minimum Gasteiger partial charge on any atom is -0.482 e. The second kappa shape index (κ2) is 7.66. The van der Waals surface area contributed by atoms with E-state index in [4.69, 9.17) is 21.1 Å². The summed E-state index contributed by atoms with van der Waals surface area (Å²) < 4.78 is 10.6. The molecule has 0 saturated carbocycles. The lowest BCUT2D eigenvalue weighted by Gasteiger charge is -2.08. The van der Waals surface area contributed by atoms with Crippen LogP contribution in [0.2, 0.25) is 5.02 Å². The molecule has 3 nitrogen and oxygen atoms in total. The maximum atomic E-state index is 11.8. The van der Waals surface area contributed by atoms with Crippen LogP contribution in [-0.2, 0) is 4.79 Å². The van der Waals surface area contributed by atoms with Gasteiger partial charge in [0.05, 0.1) is 0 Å². The molecule has 0 aromatic heterocycles. The highest BCUT2D eigenvalue weighted by molar-refractivity contribution is 6.30. The summed E-state index contributed by atoms with van der Waals surface area (Å²) in [5, 5.41) is 0.614. The Kier molecular flexibility index (Phi) is 5.14. The smallest absolute Gasteiger partial charge is 0.349 e. The van der Waals surface area contributed by atoms with E-state index in [2.05, 4.69) is 0 Å². The molecule has 24 heavy (non-hydrogen) atoms. The van der Waals surface area contributed by atoms with E-state index in [1.165, 1.54) is 0 Å². The average molecular weight is 339 g/mol. The van der Waals surface area contributed by atoms with Crippen molar-refractivity contribution >= 4 is 17.6 Å². The van der Waals surface area contributed by atoms with Gasteiger partial charge in [-0.15, -0.1) is 0 Å². The average Bonchev–Trinajstić information content (AvgIpc) is 2.63. The Balaban J connectivity index is 1.55. The first-order valence-corrected chi connectivity index (χ1v) is 7.83. The van der Waals surface area contributed by atoms with Crippen molar-refractivity contribution in [3.8, 4) is 22.6 Å². The molecule has 0 radical (unpaired) electrons. The van der Waals surface area contributed by atoms with Gasteiger partial charge in [-0.2, -0.15) is 0 Å². The van der Waals surface area contributed by atoms with E-state index in [1.807, 2.05) is 42.5 Å². The maximum absolute atomic E-state index is 11.8. The molecular weight excluding hydrogens is 324 g/mol. The van der Waals surface area contributed by atoms with Crippen molar-refractivity contribution in [1.82, 2.24) is 0 Å². The number of benzene rings is 3. The van der Waals surface area contributed by atoms with Gasteiger partial charge in [-0.1, -0.05) is 54.1 Å². The van der Waals surface area contributed by atoms with Crippen LogP contribution in [0.25, 0.3) is 11.1 Å². The van der Waals surface area contributed by atoms with E-state index < -0.39 is 5.97 Å². The fraction of sp³-hybridized carbons (Fsp3) is 0.0500. The Morgan fingerprint density at radius 1 is 0.750 bits per heavy atom. The van der Waals surface area contributed by atoms with Crippen molar-refractivity contribution in [2.45, 2.75) is 0 Å². The highest BCUT2D eigenvalue weighted by atomic mass is 35.5.